The van der Waals surface area contributed by atoms with Gasteiger partial charge in [-0.25, -0.2) is 13.8 Å². The fraction of sp³-hybridized carbons (Fsp3) is 0.333. The summed E-state index contributed by atoms with van der Waals surface area (Å²) in [6.07, 6.45) is -3.39. The average molecular weight is 507 g/mol. The largest absolute Gasteiger partial charge is 0.459 e. The Balaban J connectivity index is 1.79. The number of hydrogen-bond acceptors (Lipinski definition) is 11. The van der Waals surface area contributed by atoms with E-state index in [1.165, 1.54) is 19.1 Å². The summed E-state index contributed by atoms with van der Waals surface area (Å²) >= 11 is 0. The Morgan fingerprint density at radius 1 is 1.23 bits per heavy atom. The number of aromatic amines is 1. The third-order valence-electron chi connectivity index (χ3n) is 5.53. The standard InChI is InChI=1S/C21H21N3O10S/c1-11-8-24(20(28)23-17(11)26)18-16(32-12(2)25)21(14(22)10-35(29,30)34-21)15(33-18)9-31-19(27)13-6-4-3-5-7-13/h3-8,10,15-16,18H,9,22H2,1-2H3,(H,23,26,28)/t15-,16+,18-,21-/m1/s1. The number of hydrogen-bond donors (Lipinski definition) is 2. The quantitative estimate of drug-likeness (QED) is 0.390. The van der Waals surface area contributed by atoms with Crippen molar-refractivity contribution in [3.8, 4) is 0 Å². The molecule has 1 fully saturated rings. The maximum absolute atomic E-state index is 12.6. The van der Waals surface area contributed by atoms with Crippen molar-refractivity contribution in [3.05, 3.63) is 79.6 Å². The van der Waals surface area contributed by atoms with Crippen LogP contribution >= 0.6 is 0 Å². The topological polar surface area (TPSA) is 186 Å². The van der Waals surface area contributed by atoms with Crippen LogP contribution in [0.4, 0.5) is 0 Å². The van der Waals surface area contributed by atoms with Crippen LogP contribution in [-0.4, -0.2) is 54.3 Å². The van der Waals surface area contributed by atoms with Crippen LogP contribution in [0.2, 0.25) is 0 Å². The van der Waals surface area contributed by atoms with Crippen LogP contribution in [-0.2, 0) is 33.3 Å². The van der Waals surface area contributed by atoms with E-state index in [1.54, 1.807) is 18.2 Å². The SMILES string of the molecule is CC(=O)O[C@H]1[C@H](n2cc(C)c(=O)[nH]c2=O)O[C@H](COC(=O)c2ccccc2)[C@@]12OS(=O)(=O)C=C2N. The smallest absolute Gasteiger partial charge is 0.338 e. The van der Waals surface area contributed by atoms with Gasteiger partial charge in [0.2, 0.25) is 0 Å². The van der Waals surface area contributed by atoms with Gasteiger partial charge in [0.15, 0.2) is 17.9 Å². The third-order valence-corrected chi connectivity index (χ3v) is 6.58. The number of nitrogens with two attached hydrogens (primary N) is 1. The van der Waals surface area contributed by atoms with Gasteiger partial charge in [0.05, 0.1) is 16.7 Å². The van der Waals surface area contributed by atoms with Crippen LogP contribution in [0.5, 0.6) is 0 Å². The first-order valence-electron chi connectivity index (χ1n) is 10.2. The van der Waals surface area contributed by atoms with Gasteiger partial charge in [-0.2, -0.15) is 8.42 Å². The molecule has 35 heavy (non-hydrogen) atoms. The van der Waals surface area contributed by atoms with Crippen molar-refractivity contribution in [1.29, 1.82) is 0 Å². The molecule has 0 unspecified atom stereocenters. The third kappa shape index (κ3) is 4.38. The fourth-order valence-electron chi connectivity index (χ4n) is 3.98. The van der Waals surface area contributed by atoms with Crippen LogP contribution in [0.1, 0.15) is 29.1 Å². The summed E-state index contributed by atoms with van der Waals surface area (Å²) in [6.45, 7) is 1.89. The molecular weight excluding hydrogens is 486 g/mol. The van der Waals surface area contributed by atoms with Crippen molar-refractivity contribution in [2.75, 3.05) is 6.61 Å². The number of nitrogens with zero attached hydrogens (tertiary/aromatic N) is 1. The lowest BCUT2D eigenvalue weighted by molar-refractivity contribution is -0.158. The van der Waals surface area contributed by atoms with E-state index >= 15 is 0 Å². The number of H-pyrrole nitrogens is 1. The Morgan fingerprint density at radius 2 is 1.91 bits per heavy atom. The highest BCUT2D eigenvalue weighted by Gasteiger charge is 2.67. The second-order valence-electron chi connectivity index (χ2n) is 7.93. The molecule has 1 saturated heterocycles. The van der Waals surface area contributed by atoms with E-state index in [1.807, 2.05) is 0 Å². The summed E-state index contributed by atoms with van der Waals surface area (Å²) in [4.78, 5) is 51.0. The highest BCUT2D eigenvalue weighted by molar-refractivity contribution is 7.90. The highest BCUT2D eigenvalue weighted by Crippen LogP contribution is 2.48. The van der Waals surface area contributed by atoms with Gasteiger partial charge in [-0.15, -0.1) is 0 Å². The zero-order valence-electron chi connectivity index (χ0n) is 18.5. The Hall–Kier alpha value is -3.75. The first-order chi connectivity index (χ1) is 16.4. The van der Waals surface area contributed by atoms with Gasteiger partial charge in [0.1, 0.15) is 12.7 Å². The molecule has 0 radical (unpaired) electrons. The molecule has 2 aliphatic rings. The Kier molecular flexibility index (Phi) is 6.12. The summed E-state index contributed by atoms with van der Waals surface area (Å²) in [7, 11) is -4.35. The molecule has 0 amide bonds. The predicted octanol–water partition coefficient (Wildman–Crippen LogP) is -0.570. The van der Waals surface area contributed by atoms with Gasteiger partial charge in [-0.05, 0) is 19.1 Å². The molecular formula is C21H21N3O10S. The zero-order valence-corrected chi connectivity index (χ0v) is 19.3. The van der Waals surface area contributed by atoms with E-state index in [0.29, 0.717) is 5.41 Å². The Bertz CT molecular complexity index is 1430. The molecule has 4 atom stereocenters. The summed E-state index contributed by atoms with van der Waals surface area (Å²) < 4.78 is 47.5. The van der Waals surface area contributed by atoms with E-state index in [4.69, 9.17) is 24.1 Å². The highest BCUT2D eigenvalue weighted by atomic mass is 32.2. The number of aryl methyl sites for hydroxylation is 1. The molecule has 3 N–H and O–H groups in total. The molecule has 0 saturated carbocycles. The van der Waals surface area contributed by atoms with Crippen molar-refractivity contribution in [1.82, 2.24) is 9.55 Å². The van der Waals surface area contributed by atoms with Gasteiger partial charge in [-0.3, -0.25) is 19.1 Å². The normalized spacial score (nSPS) is 26.9. The lowest BCUT2D eigenvalue weighted by Crippen LogP contribution is -2.55. The number of esters is 2. The minimum atomic E-state index is -4.35. The molecule has 3 heterocycles. The average Bonchev–Trinajstić information content (AvgIpc) is 3.21. The van der Waals surface area contributed by atoms with E-state index in [0.717, 1.165) is 17.7 Å². The minimum absolute atomic E-state index is 0.117. The van der Waals surface area contributed by atoms with Crippen molar-refractivity contribution in [3.63, 3.8) is 0 Å². The molecule has 0 aliphatic carbocycles. The van der Waals surface area contributed by atoms with Crippen LogP contribution < -0.4 is 17.0 Å². The molecule has 4 rings (SSSR count). The van der Waals surface area contributed by atoms with Gasteiger partial charge in [-0.1, -0.05) is 18.2 Å². The van der Waals surface area contributed by atoms with Gasteiger partial charge in [0.25, 0.3) is 15.7 Å². The van der Waals surface area contributed by atoms with Crippen molar-refractivity contribution >= 4 is 22.1 Å². The number of carbonyl (C=O) groups is 2. The second kappa shape index (κ2) is 8.79. The van der Waals surface area contributed by atoms with Crippen LogP contribution in [0.15, 0.2) is 57.2 Å². The Morgan fingerprint density at radius 3 is 2.51 bits per heavy atom. The van der Waals surface area contributed by atoms with Crippen molar-refractivity contribution < 1.29 is 36.4 Å². The second-order valence-corrected chi connectivity index (χ2v) is 9.32. The molecule has 13 nitrogen and oxygen atoms in total. The Labute approximate surface area is 198 Å². The first kappa shape index (κ1) is 24.4. The zero-order chi connectivity index (χ0) is 25.5. The van der Waals surface area contributed by atoms with Gasteiger partial charge in [0, 0.05) is 18.7 Å². The number of ether oxygens (including phenoxy) is 3. The summed E-state index contributed by atoms with van der Waals surface area (Å²) in [5.41, 5.74) is 2.26. The molecule has 14 heteroatoms. The summed E-state index contributed by atoms with van der Waals surface area (Å²) in [5.74, 6) is -1.61. The van der Waals surface area contributed by atoms with Crippen LogP contribution in [0, 0.1) is 6.92 Å². The monoisotopic (exact) mass is 507 g/mol. The van der Waals surface area contributed by atoms with Crippen LogP contribution in [0.3, 0.4) is 0 Å². The van der Waals surface area contributed by atoms with E-state index in [-0.39, 0.29) is 16.8 Å². The molecule has 1 spiro atoms. The number of carbonyl (C=O) groups excluding carboxylic acids is 2. The summed E-state index contributed by atoms with van der Waals surface area (Å²) in [5, 5.41) is 0.627. The van der Waals surface area contributed by atoms with Gasteiger partial charge >= 0.3 is 17.6 Å². The lowest BCUT2D eigenvalue weighted by atomic mass is 9.89. The number of aromatic nitrogens is 2. The van der Waals surface area contributed by atoms with Crippen LogP contribution in [0.25, 0.3) is 0 Å². The number of benzene rings is 1. The maximum Gasteiger partial charge on any atom is 0.338 e. The molecule has 2 aromatic rings. The lowest BCUT2D eigenvalue weighted by Gasteiger charge is -2.33. The molecule has 2 aliphatic heterocycles. The van der Waals surface area contributed by atoms with E-state index < -0.39 is 63.9 Å². The number of rotatable bonds is 5. The van der Waals surface area contributed by atoms with E-state index in [9.17, 15) is 27.6 Å². The molecule has 0 bridgehead atoms. The van der Waals surface area contributed by atoms with E-state index in [2.05, 4.69) is 4.98 Å². The molecule has 1 aromatic carbocycles. The van der Waals surface area contributed by atoms with Crippen molar-refractivity contribution in [2.45, 2.75) is 37.9 Å². The van der Waals surface area contributed by atoms with Gasteiger partial charge < -0.3 is 19.9 Å². The van der Waals surface area contributed by atoms with Crippen molar-refractivity contribution in [2.24, 2.45) is 5.73 Å². The minimum Gasteiger partial charge on any atom is -0.459 e. The summed E-state index contributed by atoms with van der Waals surface area (Å²) in [6, 6.07) is 7.95. The maximum atomic E-state index is 12.6. The molecule has 1 aromatic heterocycles. The number of nitrogens with one attached hydrogen (secondary N) is 1. The first-order valence-corrected chi connectivity index (χ1v) is 11.7. The predicted molar refractivity (Wildman–Crippen MR) is 117 cm³/mol. The molecule has 186 valence electrons. The fourth-order valence-corrected chi connectivity index (χ4v) is 5.21.